The minimum atomic E-state index is -3.41. The van der Waals surface area contributed by atoms with Crippen LogP contribution in [0, 0.1) is 0 Å². The molecule has 2 rings (SSSR count). The molecule has 5 nitrogen and oxygen atoms in total. The standard InChI is InChI=1S/C9H13N3O2S/c10-9-5-4-8(6-11-9)15(13,14)12-7-2-1-3-7/h4-7,12H,1-3H2,(H2,10,11). The van der Waals surface area contributed by atoms with Gasteiger partial charge in [-0.3, -0.25) is 0 Å². The Morgan fingerprint density at radius 3 is 2.60 bits per heavy atom. The Morgan fingerprint density at radius 2 is 2.13 bits per heavy atom. The number of nitrogens with two attached hydrogens (primary N) is 1. The monoisotopic (exact) mass is 227 g/mol. The Labute approximate surface area is 88.8 Å². The molecule has 0 amide bonds. The quantitative estimate of drug-likeness (QED) is 0.787. The van der Waals surface area contributed by atoms with E-state index in [-0.39, 0.29) is 10.9 Å². The normalized spacial score (nSPS) is 17.3. The summed E-state index contributed by atoms with van der Waals surface area (Å²) >= 11 is 0. The summed E-state index contributed by atoms with van der Waals surface area (Å²) in [5.74, 6) is 0.317. The molecular formula is C9H13N3O2S. The van der Waals surface area contributed by atoms with Gasteiger partial charge in [0, 0.05) is 12.2 Å². The summed E-state index contributed by atoms with van der Waals surface area (Å²) in [5, 5.41) is 0. The number of rotatable bonds is 3. The summed E-state index contributed by atoms with van der Waals surface area (Å²) < 4.78 is 26.1. The first-order valence-corrected chi connectivity index (χ1v) is 6.30. The molecule has 1 aromatic rings. The lowest BCUT2D eigenvalue weighted by molar-refractivity contribution is 0.383. The fourth-order valence-electron chi connectivity index (χ4n) is 1.36. The van der Waals surface area contributed by atoms with E-state index < -0.39 is 10.0 Å². The zero-order valence-electron chi connectivity index (χ0n) is 8.18. The molecule has 6 heteroatoms. The number of nitrogens with one attached hydrogen (secondary N) is 1. The number of anilines is 1. The fourth-order valence-corrected chi connectivity index (χ4v) is 2.61. The van der Waals surface area contributed by atoms with E-state index in [2.05, 4.69) is 9.71 Å². The number of nitrogens with zero attached hydrogens (tertiary/aromatic N) is 1. The van der Waals surface area contributed by atoms with E-state index in [0.717, 1.165) is 19.3 Å². The van der Waals surface area contributed by atoms with Gasteiger partial charge in [-0.2, -0.15) is 0 Å². The van der Waals surface area contributed by atoms with E-state index in [1.165, 1.54) is 18.3 Å². The highest BCUT2D eigenvalue weighted by molar-refractivity contribution is 7.89. The van der Waals surface area contributed by atoms with Gasteiger partial charge in [0.1, 0.15) is 10.7 Å². The molecule has 0 aliphatic heterocycles. The highest BCUT2D eigenvalue weighted by atomic mass is 32.2. The van der Waals surface area contributed by atoms with Gasteiger partial charge < -0.3 is 5.73 Å². The maximum atomic E-state index is 11.8. The van der Waals surface area contributed by atoms with Crippen LogP contribution in [0.3, 0.4) is 0 Å². The van der Waals surface area contributed by atoms with Crippen molar-refractivity contribution in [3.63, 3.8) is 0 Å². The van der Waals surface area contributed by atoms with Gasteiger partial charge in [-0.1, -0.05) is 6.42 Å². The average Bonchev–Trinajstić information content (AvgIpc) is 2.13. The lowest BCUT2D eigenvalue weighted by Crippen LogP contribution is -2.39. The van der Waals surface area contributed by atoms with Gasteiger partial charge in [-0.15, -0.1) is 0 Å². The van der Waals surface area contributed by atoms with E-state index in [0.29, 0.717) is 5.82 Å². The van der Waals surface area contributed by atoms with E-state index in [1.807, 2.05) is 0 Å². The Kier molecular flexibility index (Phi) is 2.62. The number of nitrogen functional groups attached to an aromatic ring is 1. The maximum Gasteiger partial charge on any atom is 0.242 e. The lowest BCUT2D eigenvalue weighted by atomic mass is 9.94. The molecule has 0 aromatic carbocycles. The van der Waals surface area contributed by atoms with Gasteiger partial charge >= 0.3 is 0 Å². The van der Waals surface area contributed by atoms with E-state index in [9.17, 15) is 8.42 Å². The fraction of sp³-hybridized carbons (Fsp3) is 0.444. The summed E-state index contributed by atoms with van der Waals surface area (Å²) in [4.78, 5) is 3.93. The third kappa shape index (κ3) is 2.27. The molecular weight excluding hydrogens is 214 g/mol. The van der Waals surface area contributed by atoms with E-state index in [4.69, 9.17) is 5.73 Å². The van der Waals surface area contributed by atoms with Crippen molar-refractivity contribution in [3.8, 4) is 0 Å². The molecule has 15 heavy (non-hydrogen) atoms. The molecule has 3 N–H and O–H groups in total. The highest BCUT2D eigenvalue weighted by Crippen LogP contribution is 2.20. The summed E-state index contributed by atoms with van der Waals surface area (Å²) in [6, 6.07) is 3.03. The Hall–Kier alpha value is -1.14. The predicted octanol–water partition coefficient (Wildman–Crippen LogP) is 0.495. The van der Waals surface area contributed by atoms with Crippen molar-refractivity contribution in [3.05, 3.63) is 18.3 Å². The number of hydrogen-bond acceptors (Lipinski definition) is 4. The first-order chi connectivity index (χ1) is 7.08. The Morgan fingerprint density at radius 1 is 1.40 bits per heavy atom. The predicted molar refractivity (Wildman–Crippen MR) is 56.6 cm³/mol. The van der Waals surface area contributed by atoms with Crippen molar-refractivity contribution in [2.75, 3.05) is 5.73 Å². The zero-order chi connectivity index (χ0) is 10.9. The molecule has 0 spiro atoms. The molecule has 82 valence electrons. The SMILES string of the molecule is Nc1ccc(S(=O)(=O)NC2CCC2)cn1. The van der Waals surface area contributed by atoms with Crippen molar-refractivity contribution in [1.82, 2.24) is 9.71 Å². The van der Waals surface area contributed by atoms with Crippen LogP contribution in [-0.4, -0.2) is 19.4 Å². The van der Waals surface area contributed by atoms with Crippen molar-refractivity contribution in [1.29, 1.82) is 0 Å². The molecule has 1 aliphatic rings. The van der Waals surface area contributed by atoms with Crippen LogP contribution in [0.1, 0.15) is 19.3 Å². The summed E-state index contributed by atoms with van der Waals surface area (Å²) in [6.07, 6.45) is 4.20. The van der Waals surface area contributed by atoms with Gasteiger partial charge in [-0.25, -0.2) is 18.1 Å². The first kappa shape index (κ1) is 10.4. The molecule has 0 atom stereocenters. The van der Waals surface area contributed by atoms with Crippen LogP contribution in [-0.2, 0) is 10.0 Å². The largest absolute Gasteiger partial charge is 0.384 e. The number of sulfonamides is 1. The van der Waals surface area contributed by atoms with Crippen molar-refractivity contribution >= 4 is 15.8 Å². The Balaban J connectivity index is 2.17. The van der Waals surface area contributed by atoms with Gasteiger partial charge in [0.2, 0.25) is 10.0 Å². The van der Waals surface area contributed by atoms with Crippen LogP contribution in [0.5, 0.6) is 0 Å². The molecule has 1 aliphatic carbocycles. The summed E-state index contributed by atoms with van der Waals surface area (Å²) in [7, 11) is -3.41. The second-order valence-electron chi connectivity index (χ2n) is 3.67. The van der Waals surface area contributed by atoms with Crippen LogP contribution in [0.2, 0.25) is 0 Å². The summed E-state index contributed by atoms with van der Waals surface area (Å²) in [6.45, 7) is 0. The topological polar surface area (TPSA) is 85.1 Å². The molecule has 0 radical (unpaired) electrons. The van der Waals surface area contributed by atoms with Gasteiger partial charge in [-0.05, 0) is 25.0 Å². The molecule has 1 heterocycles. The Bertz CT molecular complexity index is 437. The van der Waals surface area contributed by atoms with Gasteiger partial charge in [0.25, 0.3) is 0 Å². The minimum absolute atomic E-state index is 0.0903. The first-order valence-electron chi connectivity index (χ1n) is 4.82. The summed E-state index contributed by atoms with van der Waals surface area (Å²) in [5.41, 5.74) is 5.38. The van der Waals surface area contributed by atoms with Crippen molar-refractivity contribution in [2.45, 2.75) is 30.2 Å². The van der Waals surface area contributed by atoms with Crippen LogP contribution in [0.25, 0.3) is 0 Å². The molecule has 1 saturated carbocycles. The number of pyridine rings is 1. The van der Waals surface area contributed by atoms with E-state index >= 15 is 0 Å². The van der Waals surface area contributed by atoms with E-state index in [1.54, 1.807) is 0 Å². The number of aromatic nitrogens is 1. The van der Waals surface area contributed by atoms with Crippen LogP contribution in [0.4, 0.5) is 5.82 Å². The second kappa shape index (κ2) is 3.79. The average molecular weight is 227 g/mol. The molecule has 0 unspecified atom stereocenters. The van der Waals surface area contributed by atoms with Crippen molar-refractivity contribution < 1.29 is 8.42 Å². The zero-order valence-corrected chi connectivity index (χ0v) is 9.00. The lowest BCUT2D eigenvalue weighted by Gasteiger charge is -2.25. The van der Waals surface area contributed by atoms with Crippen LogP contribution < -0.4 is 10.5 Å². The maximum absolute atomic E-state index is 11.8. The van der Waals surface area contributed by atoms with Gasteiger partial charge in [0.15, 0.2) is 0 Å². The van der Waals surface area contributed by atoms with Crippen LogP contribution in [0.15, 0.2) is 23.2 Å². The minimum Gasteiger partial charge on any atom is -0.384 e. The van der Waals surface area contributed by atoms with Crippen LogP contribution >= 0.6 is 0 Å². The van der Waals surface area contributed by atoms with Crippen molar-refractivity contribution in [2.24, 2.45) is 0 Å². The van der Waals surface area contributed by atoms with Gasteiger partial charge in [0.05, 0.1) is 0 Å². The molecule has 0 saturated heterocycles. The third-order valence-corrected chi connectivity index (χ3v) is 4.00. The molecule has 0 bridgehead atoms. The third-order valence-electron chi connectivity index (χ3n) is 2.50. The smallest absolute Gasteiger partial charge is 0.242 e. The second-order valence-corrected chi connectivity index (χ2v) is 5.38. The number of hydrogen-bond donors (Lipinski definition) is 2. The highest BCUT2D eigenvalue weighted by Gasteiger charge is 2.24. The molecule has 1 aromatic heterocycles. The molecule has 1 fully saturated rings.